The van der Waals surface area contributed by atoms with Gasteiger partial charge in [0.2, 0.25) is 0 Å². The van der Waals surface area contributed by atoms with Crippen LogP contribution in [-0.4, -0.2) is 39.5 Å². The van der Waals surface area contributed by atoms with Crippen molar-refractivity contribution in [2.24, 2.45) is 10.2 Å². The molecule has 0 fully saturated rings. The Kier molecular flexibility index (Phi) is 11.3. The molecule has 0 amide bonds. The molecule has 0 aromatic heterocycles. The summed E-state index contributed by atoms with van der Waals surface area (Å²) in [6.45, 7) is 11.7. The van der Waals surface area contributed by atoms with Gasteiger partial charge in [0, 0.05) is 52.8 Å². The van der Waals surface area contributed by atoms with Gasteiger partial charge < -0.3 is 9.64 Å². The van der Waals surface area contributed by atoms with Crippen molar-refractivity contribution >= 4 is 49.5 Å². The second-order valence-corrected chi connectivity index (χ2v) is 15.3. The lowest BCUT2D eigenvalue weighted by molar-refractivity contribution is 0.463. The molecule has 4 aromatic rings. The Morgan fingerprint density at radius 1 is 0.760 bits per heavy atom. The van der Waals surface area contributed by atoms with E-state index in [-0.39, 0.29) is 5.56 Å². The third kappa shape index (κ3) is 7.99. The van der Waals surface area contributed by atoms with Crippen LogP contribution in [0.4, 0.5) is 17.1 Å². The molecule has 264 valence electrons. The topological polar surface area (TPSA) is 146 Å². The van der Waals surface area contributed by atoms with Crippen molar-refractivity contribution in [3.05, 3.63) is 99.4 Å². The molecule has 5 rings (SSSR count). The molecule has 0 bridgehead atoms. The zero-order chi connectivity index (χ0) is 36.2. The highest BCUT2D eigenvalue weighted by molar-refractivity contribution is 7.86. The summed E-state index contributed by atoms with van der Waals surface area (Å²) in [6.07, 6.45) is 6.08. The van der Waals surface area contributed by atoms with E-state index in [1.54, 1.807) is 18.2 Å². The highest BCUT2D eigenvalue weighted by Gasteiger charge is 2.29. The van der Waals surface area contributed by atoms with E-state index >= 15 is 0 Å². The quantitative estimate of drug-likeness (QED) is 0.0871. The molecule has 1 aliphatic heterocycles. The van der Waals surface area contributed by atoms with Crippen molar-refractivity contribution < 1.29 is 30.7 Å². The summed E-state index contributed by atoms with van der Waals surface area (Å²) in [4.78, 5) is 0.834. The van der Waals surface area contributed by atoms with Gasteiger partial charge in [0.15, 0.2) is 0 Å². The molecule has 4 aromatic carbocycles. The number of azo groups is 1. The number of ether oxygens (including phenoxy) is 1. The predicted octanol–water partition coefficient (Wildman–Crippen LogP) is 7.89. The lowest BCUT2D eigenvalue weighted by Crippen LogP contribution is -2.27. The SMILES string of the molecule is C=c1c(CCCC)cc2c(c1CCCC)Oc1cc(/N=N/c3ccc(N(C)CCC)cc3)ccc1C=2c1ccc(S(=O)(=O)O)cc1S(=O)(=O)O. The van der Waals surface area contributed by atoms with Crippen LogP contribution in [0.5, 0.6) is 11.5 Å². The van der Waals surface area contributed by atoms with Crippen LogP contribution in [0.15, 0.2) is 86.7 Å². The largest absolute Gasteiger partial charge is 0.456 e. The molecule has 50 heavy (non-hydrogen) atoms. The Balaban J connectivity index is 1.75. The number of unbranched alkanes of at least 4 members (excludes halogenated alkanes) is 2. The lowest BCUT2D eigenvalue weighted by Gasteiger charge is -2.25. The van der Waals surface area contributed by atoms with Gasteiger partial charge >= 0.3 is 0 Å². The first-order valence-corrected chi connectivity index (χ1v) is 19.7. The van der Waals surface area contributed by atoms with E-state index in [2.05, 4.69) is 42.5 Å². The minimum Gasteiger partial charge on any atom is -0.456 e. The van der Waals surface area contributed by atoms with E-state index in [0.29, 0.717) is 45.6 Å². The van der Waals surface area contributed by atoms with Gasteiger partial charge in [-0.15, -0.1) is 0 Å². The van der Waals surface area contributed by atoms with Gasteiger partial charge in [-0.2, -0.15) is 27.1 Å². The van der Waals surface area contributed by atoms with Crippen LogP contribution in [0, 0.1) is 0 Å². The Hall–Kier alpha value is -4.36. The highest BCUT2D eigenvalue weighted by Crippen LogP contribution is 2.41. The third-order valence-electron chi connectivity index (χ3n) is 8.81. The fourth-order valence-electron chi connectivity index (χ4n) is 6.18. The molecule has 0 aliphatic carbocycles. The van der Waals surface area contributed by atoms with Crippen molar-refractivity contribution in [1.29, 1.82) is 0 Å². The monoisotopic (exact) mass is 717 g/mol. The van der Waals surface area contributed by atoms with Crippen LogP contribution in [0.1, 0.15) is 75.1 Å². The third-order valence-corrected chi connectivity index (χ3v) is 10.6. The fourth-order valence-corrected chi connectivity index (χ4v) is 7.48. The number of fused-ring (bicyclic) bond motifs is 2. The van der Waals surface area contributed by atoms with Crippen molar-refractivity contribution in [3.63, 3.8) is 0 Å². The molecule has 2 N–H and O–H groups in total. The van der Waals surface area contributed by atoms with E-state index in [1.807, 2.05) is 37.4 Å². The van der Waals surface area contributed by atoms with Crippen LogP contribution in [0.25, 0.3) is 12.2 Å². The first kappa shape index (κ1) is 36.9. The molecule has 0 saturated carbocycles. The van der Waals surface area contributed by atoms with Crippen LogP contribution in [-0.2, 0) is 33.1 Å². The van der Waals surface area contributed by atoms with Crippen molar-refractivity contribution in [1.82, 2.24) is 0 Å². The average Bonchev–Trinajstić information content (AvgIpc) is 3.08. The number of benzene rings is 4. The Morgan fingerprint density at radius 2 is 1.40 bits per heavy atom. The maximum Gasteiger partial charge on any atom is 0.295 e. The minimum atomic E-state index is -4.97. The number of aryl methyl sites for hydroxylation is 1. The number of rotatable bonds is 14. The first-order valence-electron chi connectivity index (χ1n) is 16.8. The van der Waals surface area contributed by atoms with Crippen LogP contribution < -0.4 is 20.1 Å². The zero-order valence-electron chi connectivity index (χ0n) is 28.8. The molecule has 10 nitrogen and oxygen atoms in total. The molecule has 0 saturated heterocycles. The minimum absolute atomic E-state index is 0.0490. The molecular weight excluding hydrogens is 675 g/mol. The van der Waals surface area contributed by atoms with Crippen molar-refractivity contribution in [2.75, 3.05) is 18.5 Å². The van der Waals surface area contributed by atoms with E-state index in [0.717, 1.165) is 79.2 Å². The normalized spacial score (nSPS) is 12.9. The summed E-state index contributed by atoms with van der Waals surface area (Å²) in [6, 6.07) is 18.0. The summed E-state index contributed by atoms with van der Waals surface area (Å²) >= 11 is 0. The van der Waals surface area contributed by atoms with Gasteiger partial charge in [-0.25, -0.2) is 0 Å². The lowest BCUT2D eigenvalue weighted by atomic mass is 9.88. The van der Waals surface area contributed by atoms with E-state index < -0.39 is 30.0 Å². The second-order valence-electron chi connectivity index (χ2n) is 12.5. The Labute approximate surface area is 294 Å². The van der Waals surface area contributed by atoms with Gasteiger partial charge in [-0.05, 0) is 97.5 Å². The summed E-state index contributed by atoms with van der Waals surface area (Å²) in [5, 5.41) is 10.3. The molecule has 12 heteroatoms. The molecule has 1 aliphatic rings. The van der Waals surface area contributed by atoms with Gasteiger partial charge in [0.1, 0.15) is 16.4 Å². The van der Waals surface area contributed by atoms with E-state index in [9.17, 15) is 25.9 Å². The summed E-state index contributed by atoms with van der Waals surface area (Å²) in [5.74, 6) is 0.881. The standard InChI is InChI=1S/C38H43N3O7S2/c1-6-9-11-26-22-34-37(33-20-18-30(49(42,43)44)24-36(33)50(45,46)47)32-19-15-28(23-35(32)48-38(34)31(25(26)4)12-10-7-2)40-39-27-13-16-29(17-14-27)41(5)21-8-3/h13-20,22-24H,4,6-12,21H2,1-3,5H3,(H,42,43,44)(H,45,46,47)/b40-39+. The summed E-state index contributed by atoms with van der Waals surface area (Å²) in [7, 11) is -7.72. The first-order chi connectivity index (χ1) is 23.8. The summed E-state index contributed by atoms with van der Waals surface area (Å²) < 4.78 is 76.5. The van der Waals surface area contributed by atoms with E-state index in [1.165, 1.54) is 6.07 Å². The second kappa shape index (κ2) is 15.3. The molecule has 0 atom stereocenters. The Bertz CT molecular complexity index is 2270. The molecule has 0 unspecified atom stereocenters. The van der Waals surface area contributed by atoms with Crippen LogP contribution in [0.2, 0.25) is 0 Å². The average molecular weight is 718 g/mol. The number of hydrogen-bond acceptors (Lipinski definition) is 8. The molecule has 0 spiro atoms. The van der Waals surface area contributed by atoms with Gasteiger partial charge in [0.25, 0.3) is 20.2 Å². The smallest absolute Gasteiger partial charge is 0.295 e. The van der Waals surface area contributed by atoms with Crippen molar-refractivity contribution in [3.8, 4) is 11.5 Å². The fraction of sp³-hybridized carbons (Fsp3) is 0.316. The molecule has 0 radical (unpaired) electrons. The molecule has 1 heterocycles. The summed E-state index contributed by atoms with van der Waals surface area (Å²) in [5.41, 5.74) is 5.07. The maximum atomic E-state index is 12.8. The number of anilines is 1. The van der Waals surface area contributed by atoms with Crippen LogP contribution in [0.3, 0.4) is 0 Å². The van der Waals surface area contributed by atoms with Gasteiger partial charge in [0.05, 0.1) is 16.3 Å². The van der Waals surface area contributed by atoms with Gasteiger partial charge in [-0.1, -0.05) is 46.3 Å². The Morgan fingerprint density at radius 3 is 2.04 bits per heavy atom. The van der Waals surface area contributed by atoms with Gasteiger partial charge in [-0.3, -0.25) is 9.11 Å². The molecular formula is C38H43N3O7S2. The highest BCUT2D eigenvalue weighted by atomic mass is 32.2. The predicted molar refractivity (Wildman–Crippen MR) is 197 cm³/mol. The number of nitrogens with zero attached hydrogens (tertiary/aromatic N) is 3. The number of hydrogen-bond donors (Lipinski definition) is 2. The zero-order valence-corrected chi connectivity index (χ0v) is 30.4. The van der Waals surface area contributed by atoms with Crippen molar-refractivity contribution in [2.45, 2.75) is 75.5 Å². The van der Waals surface area contributed by atoms with Crippen LogP contribution >= 0.6 is 0 Å². The van der Waals surface area contributed by atoms with E-state index in [4.69, 9.17) is 4.74 Å². The maximum absolute atomic E-state index is 12.8.